The van der Waals surface area contributed by atoms with Gasteiger partial charge >= 0.3 is 0 Å². The van der Waals surface area contributed by atoms with Crippen LogP contribution in [-0.2, 0) is 6.61 Å². The average Bonchev–Trinajstić information content (AvgIpc) is 2.37. The van der Waals surface area contributed by atoms with E-state index < -0.39 is 0 Å². The summed E-state index contributed by atoms with van der Waals surface area (Å²) in [5.41, 5.74) is 6.15. The van der Waals surface area contributed by atoms with Crippen molar-refractivity contribution in [3.05, 3.63) is 53.1 Å². The Labute approximate surface area is 115 Å². The van der Waals surface area contributed by atoms with Crippen LogP contribution in [-0.4, -0.2) is 15.0 Å². The van der Waals surface area contributed by atoms with Gasteiger partial charge in [0.2, 0.25) is 0 Å². The minimum Gasteiger partial charge on any atom is -0.485 e. The molecule has 1 heterocycles. The summed E-state index contributed by atoms with van der Waals surface area (Å²) in [5, 5.41) is 0.467. The van der Waals surface area contributed by atoms with Crippen molar-refractivity contribution in [2.75, 3.05) is 0 Å². The summed E-state index contributed by atoms with van der Waals surface area (Å²) < 4.78 is 5.59. The molecule has 2 rings (SSSR count). The molecule has 2 N–H and O–H groups in total. The highest BCUT2D eigenvalue weighted by Crippen LogP contribution is 2.26. The second-order valence-electron chi connectivity index (χ2n) is 3.43. The Morgan fingerprint density at radius 3 is 2.67 bits per heavy atom. The topological polar surface area (TPSA) is 61.0 Å². The van der Waals surface area contributed by atoms with Crippen LogP contribution in [0.15, 0.2) is 36.7 Å². The molecule has 0 aliphatic heterocycles. The van der Waals surface area contributed by atoms with E-state index >= 15 is 0 Å². The van der Waals surface area contributed by atoms with Crippen molar-refractivity contribution in [2.24, 2.45) is 5.73 Å². The van der Waals surface area contributed by atoms with Crippen LogP contribution in [0.25, 0.3) is 0 Å². The van der Waals surface area contributed by atoms with Gasteiger partial charge in [-0.2, -0.15) is 0 Å². The van der Waals surface area contributed by atoms with Gasteiger partial charge in [-0.1, -0.05) is 29.9 Å². The first-order chi connectivity index (χ1) is 8.68. The minimum atomic E-state index is 0.199. The number of hydrogen-bond donors (Lipinski definition) is 1. The first kappa shape index (κ1) is 12.7. The van der Waals surface area contributed by atoms with Gasteiger partial charge in [0, 0.05) is 12.4 Å². The van der Waals surface area contributed by atoms with Gasteiger partial charge < -0.3 is 10.5 Å². The lowest BCUT2D eigenvalue weighted by Crippen LogP contribution is -2.13. The molecule has 2 aromatic rings. The van der Waals surface area contributed by atoms with Crippen molar-refractivity contribution in [1.29, 1.82) is 0 Å². The Morgan fingerprint density at radius 2 is 2.00 bits per heavy atom. The van der Waals surface area contributed by atoms with Crippen LogP contribution in [0.3, 0.4) is 0 Å². The Kier molecular flexibility index (Phi) is 4.07. The number of nitrogens with zero attached hydrogens (tertiary/aromatic N) is 2. The van der Waals surface area contributed by atoms with Gasteiger partial charge in [-0.25, -0.2) is 9.97 Å². The van der Waals surface area contributed by atoms with E-state index in [1.807, 2.05) is 0 Å². The van der Waals surface area contributed by atoms with Crippen molar-refractivity contribution >= 4 is 28.8 Å². The van der Waals surface area contributed by atoms with Crippen molar-refractivity contribution in [3.8, 4) is 5.75 Å². The maximum atomic E-state index is 6.03. The molecular formula is C12H10ClN3OS. The molecule has 0 spiro atoms. The maximum absolute atomic E-state index is 6.03. The van der Waals surface area contributed by atoms with E-state index in [0.717, 1.165) is 0 Å². The third-order valence-electron chi connectivity index (χ3n) is 2.20. The molecule has 4 nitrogen and oxygen atoms in total. The summed E-state index contributed by atoms with van der Waals surface area (Å²) >= 11 is 11.0. The summed E-state index contributed by atoms with van der Waals surface area (Å²) in [5.74, 6) is 1.11. The summed E-state index contributed by atoms with van der Waals surface area (Å²) in [6, 6.07) is 6.97. The molecule has 0 saturated heterocycles. The summed E-state index contributed by atoms with van der Waals surface area (Å²) in [6.07, 6.45) is 3.30. The van der Waals surface area contributed by atoms with Crippen LogP contribution >= 0.6 is 23.8 Å². The number of hydrogen-bond acceptors (Lipinski definition) is 4. The maximum Gasteiger partial charge on any atom is 0.166 e. The number of rotatable bonds is 4. The number of halogens is 1. The summed E-state index contributed by atoms with van der Waals surface area (Å²) in [4.78, 5) is 8.31. The molecule has 0 fully saturated rings. The SMILES string of the molecule is NC(=S)c1c(Cl)cccc1OCc1ncccn1. The Morgan fingerprint density at radius 1 is 1.28 bits per heavy atom. The lowest BCUT2D eigenvalue weighted by Gasteiger charge is -2.11. The van der Waals surface area contributed by atoms with Crippen molar-refractivity contribution in [1.82, 2.24) is 9.97 Å². The van der Waals surface area contributed by atoms with Crippen LogP contribution in [0, 0.1) is 0 Å². The predicted molar refractivity (Wildman–Crippen MR) is 73.7 cm³/mol. The third-order valence-corrected chi connectivity index (χ3v) is 2.72. The molecule has 0 saturated carbocycles. The molecular weight excluding hydrogens is 270 g/mol. The van der Waals surface area contributed by atoms with Crippen molar-refractivity contribution in [3.63, 3.8) is 0 Å². The quantitative estimate of drug-likeness (QED) is 0.871. The van der Waals surface area contributed by atoms with Gasteiger partial charge in [0.05, 0.1) is 10.6 Å². The normalized spacial score (nSPS) is 10.1. The number of thiocarbonyl (C=S) groups is 1. The van der Waals surface area contributed by atoms with Gasteiger partial charge in [-0.15, -0.1) is 0 Å². The van der Waals surface area contributed by atoms with Crippen LogP contribution in [0.5, 0.6) is 5.75 Å². The predicted octanol–water partition coefficient (Wildman–Crippen LogP) is 2.34. The first-order valence-electron chi connectivity index (χ1n) is 5.15. The fraction of sp³-hybridized carbons (Fsp3) is 0.0833. The van der Waals surface area contributed by atoms with Crippen LogP contribution in [0.1, 0.15) is 11.4 Å². The van der Waals surface area contributed by atoms with Gasteiger partial charge in [-0.05, 0) is 18.2 Å². The van der Waals surface area contributed by atoms with Gasteiger partial charge in [0.25, 0.3) is 0 Å². The molecule has 0 atom stereocenters. The fourth-order valence-corrected chi connectivity index (χ4v) is 1.94. The van der Waals surface area contributed by atoms with E-state index in [2.05, 4.69) is 9.97 Å². The highest BCUT2D eigenvalue weighted by atomic mass is 35.5. The van der Waals surface area contributed by atoms with Gasteiger partial charge in [0.1, 0.15) is 17.3 Å². The standard InChI is InChI=1S/C12H10ClN3OS/c13-8-3-1-4-9(11(8)12(14)18)17-7-10-15-5-2-6-16-10/h1-6H,7H2,(H2,14,18). The molecule has 18 heavy (non-hydrogen) atoms. The van der Waals surface area contributed by atoms with E-state index in [1.54, 1.807) is 36.7 Å². The summed E-state index contributed by atoms with van der Waals surface area (Å²) in [7, 11) is 0. The molecule has 6 heteroatoms. The molecule has 1 aromatic carbocycles. The van der Waals surface area contributed by atoms with E-state index in [-0.39, 0.29) is 11.6 Å². The zero-order valence-electron chi connectivity index (χ0n) is 9.34. The highest BCUT2D eigenvalue weighted by Gasteiger charge is 2.11. The van der Waals surface area contributed by atoms with E-state index in [4.69, 9.17) is 34.3 Å². The monoisotopic (exact) mass is 279 g/mol. The molecule has 0 bridgehead atoms. The summed E-state index contributed by atoms with van der Waals surface area (Å²) in [6.45, 7) is 0.233. The smallest absolute Gasteiger partial charge is 0.166 e. The second kappa shape index (κ2) is 5.75. The Hall–Kier alpha value is -1.72. The second-order valence-corrected chi connectivity index (χ2v) is 4.28. The first-order valence-corrected chi connectivity index (χ1v) is 5.94. The lowest BCUT2D eigenvalue weighted by molar-refractivity contribution is 0.295. The van der Waals surface area contributed by atoms with Crippen LogP contribution < -0.4 is 10.5 Å². The molecule has 0 amide bonds. The van der Waals surface area contributed by atoms with Crippen molar-refractivity contribution < 1.29 is 4.74 Å². The fourth-order valence-electron chi connectivity index (χ4n) is 1.41. The molecule has 0 aliphatic carbocycles. The van der Waals surface area contributed by atoms with Crippen LogP contribution in [0.2, 0.25) is 5.02 Å². The van der Waals surface area contributed by atoms with E-state index in [9.17, 15) is 0 Å². The Balaban J connectivity index is 2.20. The van der Waals surface area contributed by atoms with E-state index in [0.29, 0.717) is 22.2 Å². The van der Waals surface area contributed by atoms with E-state index in [1.165, 1.54) is 0 Å². The molecule has 0 unspecified atom stereocenters. The molecule has 0 aliphatic rings. The highest BCUT2D eigenvalue weighted by molar-refractivity contribution is 7.80. The van der Waals surface area contributed by atoms with Crippen molar-refractivity contribution in [2.45, 2.75) is 6.61 Å². The third kappa shape index (κ3) is 2.94. The zero-order valence-corrected chi connectivity index (χ0v) is 10.9. The molecule has 1 aromatic heterocycles. The van der Waals surface area contributed by atoms with Gasteiger partial charge in [-0.3, -0.25) is 0 Å². The largest absolute Gasteiger partial charge is 0.485 e. The van der Waals surface area contributed by atoms with Crippen LogP contribution in [0.4, 0.5) is 0 Å². The number of benzene rings is 1. The Bertz CT molecular complexity index is 563. The number of aromatic nitrogens is 2. The molecule has 92 valence electrons. The average molecular weight is 280 g/mol. The lowest BCUT2D eigenvalue weighted by atomic mass is 10.2. The zero-order chi connectivity index (χ0) is 13.0. The molecule has 0 radical (unpaired) electrons. The number of nitrogens with two attached hydrogens (primary N) is 1. The minimum absolute atomic E-state index is 0.199. The van der Waals surface area contributed by atoms with Gasteiger partial charge in [0.15, 0.2) is 5.82 Å². The number of ether oxygens (including phenoxy) is 1.